The Balaban J connectivity index is 1.54. The lowest BCUT2D eigenvalue weighted by atomic mass is 9.62. The van der Waals surface area contributed by atoms with Gasteiger partial charge in [0, 0.05) is 33.0 Å². The van der Waals surface area contributed by atoms with E-state index in [-0.39, 0.29) is 48.9 Å². The van der Waals surface area contributed by atoms with Crippen LogP contribution in [0.3, 0.4) is 0 Å². The molecule has 1 N–H and O–H groups in total. The lowest BCUT2D eigenvalue weighted by Crippen LogP contribution is -2.48. The minimum Gasteiger partial charge on any atom is -0.481 e. The Kier molecular flexibility index (Phi) is 18.5. The number of ether oxygens (including phenoxy) is 4. The topological polar surface area (TPSA) is 169 Å². The molecule has 2 bridgehead atoms. The molecule has 13 unspecified atom stereocenters. The van der Waals surface area contributed by atoms with Crippen LogP contribution < -0.4 is 0 Å². The second kappa shape index (κ2) is 21.6. The number of carbonyl (C=O) groups is 6. The van der Waals surface area contributed by atoms with E-state index < -0.39 is 110 Å². The quantitative estimate of drug-likeness (QED) is 0.0533. The lowest BCUT2D eigenvalue weighted by molar-refractivity contribution is -0.173. The molecule has 2 aliphatic heterocycles. The molecule has 16 heteroatoms. The summed E-state index contributed by atoms with van der Waals surface area (Å²) in [5.41, 5.74) is 1.40. The predicted molar refractivity (Wildman–Crippen MR) is 263 cm³/mol. The summed E-state index contributed by atoms with van der Waals surface area (Å²) in [7, 11) is -3.95. The van der Waals surface area contributed by atoms with Gasteiger partial charge in [0.25, 0.3) is 0 Å². The van der Waals surface area contributed by atoms with E-state index >= 15 is 0 Å². The number of aliphatic carboxylic acids is 1. The van der Waals surface area contributed by atoms with Crippen LogP contribution in [0.4, 0.5) is 0 Å². The number of carboxylic acids is 1. The Hall–Kier alpha value is -2.15. The molecule has 0 amide bonds. The monoisotopic (exact) mass is 981 g/mol. The minimum absolute atomic E-state index is 0.0684. The molecule has 2 saturated heterocycles. The summed E-state index contributed by atoms with van der Waals surface area (Å²) in [6, 6.07) is 0. The average molecular weight is 982 g/mol. The summed E-state index contributed by atoms with van der Waals surface area (Å²) >= 11 is 0. The van der Waals surface area contributed by atoms with Gasteiger partial charge in [-0.2, -0.15) is 0 Å². The van der Waals surface area contributed by atoms with E-state index in [4.69, 9.17) is 23.4 Å². The summed E-state index contributed by atoms with van der Waals surface area (Å²) in [6.07, 6.45) is 3.01. The first kappa shape index (κ1) is 55.4. The number of carbonyl (C=O) groups excluding carboxylic acids is 5. The summed E-state index contributed by atoms with van der Waals surface area (Å²) in [4.78, 5) is 82.3. The lowest BCUT2D eigenvalue weighted by Gasteiger charge is -2.41. The van der Waals surface area contributed by atoms with Crippen molar-refractivity contribution in [3.05, 3.63) is 0 Å². The number of carboxylic acid groups (broad SMARTS) is 1. The molecule has 0 aromatic carbocycles. The van der Waals surface area contributed by atoms with Gasteiger partial charge in [-0.15, -0.1) is 0 Å². The van der Waals surface area contributed by atoms with Crippen molar-refractivity contribution in [3.8, 4) is 0 Å². The van der Waals surface area contributed by atoms with Gasteiger partial charge in [0.05, 0.1) is 35.0 Å². The van der Waals surface area contributed by atoms with Crippen LogP contribution in [0.15, 0.2) is 0 Å². The molecule has 0 aromatic rings. The number of cyclic esters (lactones) is 2. The van der Waals surface area contributed by atoms with Crippen LogP contribution in [0, 0.1) is 64.6 Å². The van der Waals surface area contributed by atoms with Crippen LogP contribution >= 0.6 is 0 Å². The Labute approximate surface area is 397 Å². The van der Waals surface area contributed by atoms with Crippen molar-refractivity contribution >= 4 is 70.5 Å². The fraction of sp³-hybridized carbons (Fsp3) is 0.878. The van der Waals surface area contributed by atoms with Crippen molar-refractivity contribution in [2.45, 2.75) is 200 Å². The summed E-state index contributed by atoms with van der Waals surface area (Å²) < 4.78 is 30.3. The molecule has 0 radical (unpaired) electrons. The summed E-state index contributed by atoms with van der Waals surface area (Å²) in [5.74, 6) is -8.21. The molecule has 0 aromatic heterocycles. The Bertz CT molecular complexity index is 1710. The molecule has 4 fully saturated rings. The number of esters is 5. The first-order valence-electron chi connectivity index (χ1n) is 25.1. The zero-order chi connectivity index (χ0) is 49.2. The van der Waals surface area contributed by atoms with E-state index in [9.17, 15) is 33.9 Å². The smallest absolute Gasteiger partial charge is 0.318 e. The maximum atomic E-state index is 14.4. The Morgan fingerprint density at radius 2 is 1.34 bits per heavy atom. The first-order chi connectivity index (χ1) is 29.8. The third-order valence-electron chi connectivity index (χ3n) is 15.9. The zero-order valence-electron chi connectivity index (χ0n) is 43.1. The van der Waals surface area contributed by atoms with Gasteiger partial charge in [0.2, 0.25) is 0 Å². The van der Waals surface area contributed by atoms with E-state index in [1.807, 2.05) is 27.7 Å². The number of rotatable bonds is 20. The van der Waals surface area contributed by atoms with Gasteiger partial charge < -0.3 is 28.5 Å². The third-order valence-corrected chi connectivity index (χ3v) is 42.1. The SMILES string of the molecule is CCC(C)C(=O)OC(C)(C)CCC(C)(C)OC(=O)C(CC)CC(C)(CC(C(=O)OC(C)(C)C)C1C(=O)OC(=O)C1C1C2CC(CO[Si]3(C)C[SiH](C)C[SiH](C)C[SiH](C)C3)C(C2)C1C)C(=O)O. The second-order valence-corrected chi connectivity index (χ2v) is 41.4. The van der Waals surface area contributed by atoms with Gasteiger partial charge in [0.15, 0.2) is 8.32 Å². The molecule has 2 heterocycles. The van der Waals surface area contributed by atoms with Gasteiger partial charge in [-0.1, -0.05) is 58.7 Å². The van der Waals surface area contributed by atoms with Crippen LogP contribution in [0.5, 0.6) is 0 Å². The van der Waals surface area contributed by atoms with Crippen LogP contribution in [-0.2, 0) is 52.1 Å². The molecule has 0 spiro atoms. The Morgan fingerprint density at radius 3 is 1.83 bits per heavy atom. The van der Waals surface area contributed by atoms with Gasteiger partial charge in [-0.25, -0.2) is 0 Å². The summed E-state index contributed by atoms with van der Waals surface area (Å²) in [6.45, 7) is 32.5. The van der Waals surface area contributed by atoms with Crippen molar-refractivity contribution in [3.63, 3.8) is 0 Å². The van der Waals surface area contributed by atoms with Crippen LogP contribution in [0.1, 0.15) is 134 Å². The maximum absolute atomic E-state index is 14.4. The highest BCUT2D eigenvalue weighted by Gasteiger charge is 2.63. The molecular formula is C49H88O12Si4. The minimum atomic E-state index is -1.82. The molecular weight excluding hydrogens is 893 g/mol. The highest BCUT2D eigenvalue weighted by molar-refractivity contribution is 6.98. The average Bonchev–Trinajstić information content (AvgIpc) is 3.81. The predicted octanol–water partition coefficient (Wildman–Crippen LogP) is 8.87. The van der Waals surface area contributed by atoms with Gasteiger partial charge >= 0.3 is 35.8 Å². The van der Waals surface area contributed by atoms with E-state index in [2.05, 4.69) is 33.1 Å². The highest BCUT2D eigenvalue weighted by atomic mass is 28.4. The zero-order valence-corrected chi connectivity index (χ0v) is 47.6. The fourth-order valence-electron chi connectivity index (χ4n) is 12.7. The standard InChI is InChI=1S/C49H88O12Si4/c1-17-30(3)40(50)60-47(8,9)19-20-48(10,11)61-41(51)32(18-2)23-49(12,45(55)56)24-36(42(52)59-46(5,6)7)38-39(44(54)58-43(38)53)37-31(4)35-22-33(37)21-34(35)25-57-65(16)28-63(14)26-62(13)27-64(15)29-65/h30-39,62-64H,17-29H2,1-16H3,(H,55,56). The highest BCUT2D eigenvalue weighted by Crippen LogP contribution is 2.60. The van der Waals surface area contributed by atoms with Gasteiger partial charge in [-0.3, -0.25) is 28.8 Å². The molecule has 65 heavy (non-hydrogen) atoms. The van der Waals surface area contributed by atoms with E-state index in [1.165, 1.54) is 18.3 Å². The molecule has 2 aliphatic carbocycles. The van der Waals surface area contributed by atoms with E-state index in [1.54, 1.807) is 52.9 Å². The molecule has 372 valence electrons. The molecule has 12 nitrogen and oxygen atoms in total. The van der Waals surface area contributed by atoms with Crippen molar-refractivity contribution in [2.24, 2.45) is 64.6 Å². The van der Waals surface area contributed by atoms with E-state index in [0.717, 1.165) is 19.4 Å². The van der Waals surface area contributed by atoms with Crippen LogP contribution in [0.2, 0.25) is 48.9 Å². The number of hydrogen-bond acceptors (Lipinski definition) is 11. The van der Waals surface area contributed by atoms with Crippen molar-refractivity contribution in [1.29, 1.82) is 0 Å². The molecule has 13 atom stereocenters. The van der Waals surface area contributed by atoms with Crippen LogP contribution in [0.25, 0.3) is 0 Å². The van der Waals surface area contributed by atoms with Gasteiger partial charge in [-0.05, 0) is 154 Å². The van der Waals surface area contributed by atoms with Crippen LogP contribution in [-0.4, -0.2) is 99.0 Å². The van der Waals surface area contributed by atoms with Gasteiger partial charge in [0.1, 0.15) is 16.8 Å². The van der Waals surface area contributed by atoms with E-state index in [0.29, 0.717) is 31.1 Å². The van der Waals surface area contributed by atoms with Crippen molar-refractivity contribution < 1.29 is 57.2 Å². The molecule has 2 saturated carbocycles. The summed E-state index contributed by atoms with van der Waals surface area (Å²) in [5, 5.41) is 11.0. The fourth-order valence-corrected chi connectivity index (χ4v) is 46.0. The Morgan fingerprint density at radius 1 is 0.785 bits per heavy atom. The normalized spacial score (nSPS) is 33.2. The number of hydrogen-bond donors (Lipinski definition) is 1. The first-order valence-corrected chi connectivity index (χ1v) is 36.3. The second-order valence-electron chi connectivity index (χ2n) is 24.5. The molecule has 4 aliphatic rings. The largest absolute Gasteiger partial charge is 0.481 e. The number of fused-ring (bicyclic) bond motifs is 2. The molecule has 4 rings (SSSR count). The van der Waals surface area contributed by atoms with Crippen molar-refractivity contribution in [1.82, 2.24) is 0 Å². The maximum Gasteiger partial charge on any atom is 0.318 e. The third kappa shape index (κ3) is 14.4. The van der Waals surface area contributed by atoms with Crippen molar-refractivity contribution in [2.75, 3.05) is 6.61 Å².